The highest BCUT2D eigenvalue weighted by Crippen LogP contribution is 2.44. The van der Waals surface area contributed by atoms with Gasteiger partial charge in [-0.1, -0.05) is 17.8 Å². The number of aromatic nitrogens is 2. The first kappa shape index (κ1) is 20.1. The molecule has 1 amide bonds. The lowest BCUT2D eigenvalue weighted by Gasteiger charge is -2.15. The minimum absolute atomic E-state index is 0.0565. The Labute approximate surface area is 187 Å². The van der Waals surface area contributed by atoms with Crippen LogP contribution in [0.1, 0.15) is 31.2 Å². The molecule has 0 saturated heterocycles. The molecule has 1 atom stereocenters. The first-order valence-electron chi connectivity index (χ1n) is 10.0. The van der Waals surface area contributed by atoms with Gasteiger partial charge in [0, 0.05) is 18.3 Å². The van der Waals surface area contributed by atoms with Crippen LogP contribution < -0.4 is 20.3 Å². The molecule has 0 unspecified atom stereocenters. The van der Waals surface area contributed by atoms with Crippen LogP contribution in [0.3, 0.4) is 0 Å². The lowest BCUT2D eigenvalue weighted by atomic mass is 10.1. The Morgan fingerprint density at radius 2 is 2.23 bits per heavy atom. The molecule has 7 nitrogen and oxygen atoms in total. The smallest absolute Gasteiger partial charge is 0.263 e. The van der Waals surface area contributed by atoms with Crippen molar-refractivity contribution in [2.75, 3.05) is 12.1 Å². The van der Waals surface area contributed by atoms with E-state index in [0.717, 1.165) is 28.6 Å². The van der Waals surface area contributed by atoms with E-state index in [9.17, 15) is 9.59 Å². The van der Waals surface area contributed by atoms with Gasteiger partial charge in [-0.05, 0) is 48.8 Å². The number of hydrogen-bond donors (Lipinski definition) is 1. The van der Waals surface area contributed by atoms with Crippen molar-refractivity contribution in [1.82, 2.24) is 9.55 Å². The number of allylic oxidation sites excluding steroid dienone is 1. The normalized spacial score (nSPS) is 15.8. The summed E-state index contributed by atoms with van der Waals surface area (Å²) in [5, 5.41) is 5.73. The zero-order valence-electron chi connectivity index (χ0n) is 16.9. The molecule has 1 aromatic carbocycles. The average molecular weight is 456 g/mol. The fraction of sp³-hybridized carbons (Fsp3) is 0.318. The maximum atomic E-state index is 13.2. The fourth-order valence-corrected chi connectivity index (χ4v) is 5.51. The highest BCUT2D eigenvalue weighted by Gasteiger charge is 2.29. The number of thiophene rings is 1. The molecule has 5 rings (SSSR count). The summed E-state index contributed by atoms with van der Waals surface area (Å²) in [6, 6.07) is 5.27. The summed E-state index contributed by atoms with van der Waals surface area (Å²) in [7, 11) is 0. The molecule has 1 fully saturated rings. The molecule has 0 bridgehead atoms. The quantitative estimate of drug-likeness (QED) is 0.324. The first-order valence-corrected chi connectivity index (χ1v) is 11.8. The van der Waals surface area contributed by atoms with Crippen molar-refractivity contribution in [2.24, 2.45) is 0 Å². The van der Waals surface area contributed by atoms with Crippen molar-refractivity contribution in [1.29, 1.82) is 0 Å². The number of thioether (sulfide) groups is 1. The predicted octanol–water partition coefficient (Wildman–Crippen LogP) is 4.37. The summed E-state index contributed by atoms with van der Waals surface area (Å²) in [6.45, 7) is 6.10. The van der Waals surface area contributed by atoms with Gasteiger partial charge < -0.3 is 14.8 Å². The summed E-state index contributed by atoms with van der Waals surface area (Å²) in [5.74, 6) is 1.56. The Balaban J connectivity index is 1.39. The number of amides is 1. The van der Waals surface area contributed by atoms with Crippen molar-refractivity contribution < 1.29 is 14.3 Å². The highest BCUT2D eigenvalue weighted by atomic mass is 32.2. The number of anilines is 1. The van der Waals surface area contributed by atoms with Gasteiger partial charge in [0.1, 0.15) is 4.83 Å². The van der Waals surface area contributed by atoms with Gasteiger partial charge >= 0.3 is 0 Å². The summed E-state index contributed by atoms with van der Waals surface area (Å²) in [6.07, 6.45) is 3.93. The minimum atomic E-state index is -0.464. The van der Waals surface area contributed by atoms with Gasteiger partial charge in [0.2, 0.25) is 12.7 Å². The van der Waals surface area contributed by atoms with Gasteiger partial charge in [-0.15, -0.1) is 17.9 Å². The number of nitrogens with one attached hydrogen (secondary N) is 1. The minimum Gasteiger partial charge on any atom is -0.454 e. The van der Waals surface area contributed by atoms with Gasteiger partial charge in [-0.2, -0.15) is 0 Å². The van der Waals surface area contributed by atoms with E-state index < -0.39 is 5.25 Å². The van der Waals surface area contributed by atoms with E-state index >= 15 is 0 Å². The molecule has 1 N–H and O–H groups in total. The molecule has 1 aliphatic heterocycles. The number of rotatable bonds is 7. The Hall–Kier alpha value is -2.78. The molecule has 31 heavy (non-hydrogen) atoms. The maximum Gasteiger partial charge on any atom is 0.263 e. The number of carbonyl (C=O) groups excluding carboxylic acids is 1. The van der Waals surface area contributed by atoms with Gasteiger partial charge in [-0.3, -0.25) is 14.2 Å². The number of benzene rings is 1. The van der Waals surface area contributed by atoms with Crippen molar-refractivity contribution in [3.05, 3.63) is 52.2 Å². The molecule has 3 aromatic rings. The molecule has 3 heterocycles. The van der Waals surface area contributed by atoms with Crippen LogP contribution in [-0.2, 0) is 11.3 Å². The second-order valence-corrected chi connectivity index (χ2v) is 9.73. The Bertz CT molecular complexity index is 1250. The fourth-order valence-electron chi connectivity index (χ4n) is 3.53. The molecule has 1 saturated carbocycles. The van der Waals surface area contributed by atoms with Crippen LogP contribution in [0.5, 0.6) is 11.5 Å². The summed E-state index contributed by atoms with van der Waals surface area (Å²) < 4.78 is 12.3. The molecule has 0 radical (unpaired) electrons. The van der Waals surface area contributed by atoms with Gasteiger partial charge in [0.05, 0.1) is 10.6 Å². The van der Waals surface area contributed by atoms with Gasteiger partial charge in [0.15, 0.2) is 16.7 Å². The van der Waals surface area contributed by atoms with Crippen molar-refractivity contribution in [3.8, 4) is 11.5 Å². The van der Waals surface area contributed by atoms with E-state index in [4.69, 9.17) is 14.5 Å². The van der Waals surface area contributed by atoms with Crippen LogP contribution in [0.15, 0.2) is 46.2 Å². The number of nitrogens with zero attached hydrogens (tertiary/aromatic N) is 2. The lowest BCUT2D eigenvalue weighted by molar-refractivity contribution is -0.115. The van der Waals surface area contributed by atoms with Crippen LogP contribution in [-0.4, -0.2) is 27.5 Å². The van der Waals surface area contributed by atoms with Crippen LogP contribution in [0.25, 0.3) is 10.2 Å². The summed E-state index contributed by atoms with van der Waals surface area (Å²) in [5.41, 5.74) is 1.68. The van der Waals surface area contributed by atoms with E-state index in [0.29, 0.717) is 34.8 Å². The SMILES string of the molecule is C=CCn1c(S[C@@H](C)C(=O)Nc2ccc3c(c2)OCO3)nc2scc(C3CC3)c2c1=O. The number of hydrogen-bond acceptors (Lipinski definition) is 7. The third-order valence-electron chi connectivity index (χ3n) is 5.31. The summed E-state index contributed by atoms with van der Waals surface area (Å²) in [4.78, 5) is 31.5. The monoisotopic (exact) mass is 455 g/mol. The van der Waals surface area contributed by atoms with E-state index in [-0.39, 0.29) is 18.3 Å². The standard InChI is InChI=1S/C22H21N3O4S2/c1-3-8-25-21(27)18-15(13-4-5-13)10-30-20(18)24-22(25)31-12(2)19(26)23-14-6-7-16-17(9-14)29-11-28-16/h3,6-7,9-10,12-13H,1,4-5,8,11H2,2H3,(H,23,26)/t12-/m0/s1. The number of carbonyl (C=O) groups is 1. The van der Waals surface area contributed by atoms with E-state index in [1.165, 1.54) is 23.1 Å². The second kappa shape index (κ2) is 8.05. The highest BCUT2D eigenvalue weighted by molar-refractivity contribution is 8.00. The maximum absolute atomic E-state index is 13.2. The second-order valence-electron chi connectivity index (χ2n) is 7.56. The molecule has 9 heteroatoms. The third-order valence-corrected chi connectivity index (χ3v) is 7.29. The molecular formula is C22H21N3O4S2. The van der Waals surface area contributed by atoms with Crippen LogP contribution in [0.4, 0.5) is 5.69 Å². The number of ether oxygens (including phenoxy) is 2. The van der Waals surface area contributed by atoms with E-state index in [1.807, 2.05) is 0 Å². The Kier molecular flexibility index (Phi) is 5.23. The molecule has 160 valence electrons. The van der Waals surface area contributed by atoms with Crippen molar-refractivity contribution >= 4 is 44.9 Å². The molecule has 2 aliphatic rings. The van der Waals surface area contributed by atoms with Crippen molar-refractivity contribution in [2.45, 2.75) is 42.6 Å². The predicted molar refractivity (Wildman–Crippen MR) is 123 cm³/mol. The Morgan fingerprint density at radius 1 is 1.42 bits per heavy atom. The third kappa shape index (κ3) is 3.83. The largest absolute Gasteiger partial charge is 0.454 e. The molecular weight excluding hydrogens is 434 g/mol. The molecule has 2 aromatic heterocycles. The Morgan fingerprint density at radius 3 is 3.00 bits per heavy atom. The van der Waals surface area contributed by atoms with E-state index in [1.54, 1.807) is 35.8 Å². The van der Waals surface area contributed by atoms with Crippen LogP contribution in [0, 0.1) is 0 Å². The van der Waals surface area contributed by atoms with Gasteiger partial charge in [-0.25, -0.2) is 4.98 Å². The first-order chi connectivity index (χ1) is 15.0. The van der Waals surface area contributed by atoms with Crippen molar-refractivity contribution in [3.63, 3.8) is 0 Å². The average Bonchev–Trinajstić information content (AvgIpc) is 3.33. The molecule has 0 spiro atoms. The number of fused-ring (bicyclic) bond motifs is 2. The zero-order valence-corrected chi connectivity index (χ0v) is 18.6. The topological polar surface area (TPSA) is 82.5 Å². The summed E-state index contributed by atoms with van der Waals surface area (Å²) >= 11 is 2.76. The lowest BCUT2D eigenvalue weighted by Crippen LogP contribution is -2.26. The van der Waals surface area contributed by atoms with Crippen LogP contribution >= 0.6 is 23.1 Å². The van der Waals surface area contributed by atoms with E-state index in [2.05, 4.69) is 17.3 Å². The van der Waals surface area contributed by atoms with Gasteiger partial charge in [0.25, 0.3) is 5.56 Å². The van der Waals surface area contributed by atoms with Crippen LogP contribution in [0.2, 0.25) is 0 Å². The zero-order chi connectivity index (χ0) is 21.5. The molecule has 1 aliphatic carbocycles.